The third-order valence-electron chi connectivity index (χ3n) is 5.32. The van der Waals surface area contributed by atoms with Gasteiger partial charge in [0.2, 0.25) is 0 Å². The molecule has 202 valence electrons. The number of phenols is 1. The molecule has 0 aliphatic carbocycles. The van der Waals surface area contributed by atoms with Crippen LogP contribution in [0.25, 0.3) is 5.57 Å². The van der Waals surface area contributed by atoms with Crippen LogP contribution in [0.4, 0.5) is 26.7 Å². The number of nitrogens with one attached hydrogen (secondary N) is 3. The molecule has 15 heteroatoms. The number of aliphatic carboxylic acids is 1. The number of hydrogen-bond acceptors (Lipinski definition) is 4. The van der Waals surface area contributed by atoms with Gasteiger partial charge in [-0.05, 0) is 41.5 Å². The minimum Gasteiger partial charge on any atom is -0.508 e. The summed E-state index contributed by atoms with van der Waals surface area (Å²) in [5.41, 5.74) is 0.718. The van der Waals surface area contributed by atoms with Crippen LogP contribution in [0.5, 0.6) is 5.75 Å². The molecule has 0 spiro atoms. The van der Waals surface area contributed by atoms with E-state index in [0.717, 1.165) is 18.2 Å². The molecule has 0 bridgehead atoms. The summed E-state index contributed by atoms with van der Waals surface area (Å²) in [5.74, 6) is -3.51. The van der Waals surface area contributed by atoms with Crippen molar-refractivity contribution in [2.75, 3.05) is 13.6 Å². The number of hydrogen-bond donors (Lipinski definition) is 4. The Hall–Kier alpha value is -4.69. The van der Waals surface area contributed by atoms with Crippen LogP contribution in [0.15, 0.2) is 53.3 Å². The highest BCUT2D eigenvalue weighted by atomic mass is 19.4. The summed E-state index contributed by atoms with van der Waals surface area (Å²) in [5, 5.41) is 22.0. The van der Waals surface area contributed by atoms with E-state index in [1.807, 2.05) is 0 Å². The van der Waals surface area contributed by atoms with E-state index in [2.05, 4.69) is 15.2 Å². The van der Waals surface area contributed by atoms with Gasteiger partial charge in [-0.15, -0.1) is 0 Å². The van der Waals surface area contributed by atoms with E-state index in [1.165, 1.54) is 21.9 Å². The first-order chi connectivity index (χ1) is 17.8. The van der Waals surface area contributed by atoms with Gasteiger partial charge in [0.15, 0.2) is 0 Å². The van der Waals surface area contributed by atoms with Crippen molar-refractivity contribution in [2.24, 2.45) is 0 Å². The third kappa shape index (κ3) is 6.74. The number of alkyl halides is 3. The number of H-pyrrole nitrogens is 3. The molecule has 0 radical (unpaired) electrons. The maximum absolute atomic E-state index is 14.4. The summed E-state index contributed by atoms with van der Waals surface area (Å²) in [6.07, 6.45) is -3.40. The fraction of sp³-hybridized carbons (Fsp3) is 0.217. The second-order valence-corrected chi connectivity index (χ2v) is 8.11. The molecule has 10 nitrogen and oxygen atoms in total. The summed E-state index contributed by atoms with van der Waals surface area (Å²) in [7, 11) is 1.56. The molecule has 2 amide bonds. The number of amides is 2. The molecule has 38 heavy (non-hydrogen) atoms. The number of rotatable bonds is 4. The predicted molar refractivity (Wildman–Crippen MR) is 120 cm³/mol. The number of carboxylic acids is 1. The van der Waals surface area contributed by atoms with Crippen LogP contribution in [0.2, 0.25) is 0 Å². The zero-order chi connectivity index (χ0) is 28.2. The van der Waals surface area contributed by atoms with E-state index in [0.29, 0.717) is 17.0 Å². The van der Waals surface area contributed by atoms with Gasteiger partial charge >= 0.3 is 23.9 Å². The van der Waals surface area contributed by atoms with Gasteiger partial charge in [0.05, 0.1) is 6.04 Å². The molecule has 2 aromatic carbocycles. The number of aromatic amines is 3. The van der Waals surface area contributed by atoms with Crippen LogP contribution in [0, 0.1) is 11.6 Å². The maximum Gasteiger partial charge on any atom is 0.490 e. The van der Waals surface area contributed by atoms with Crippen molar-refractivity contribution in [3.05, 3.63) is 87.6 Å². The first-order valence-electron chi connectivity index (χ1n) is 10.7. The molecule has 1 atom stereocenters. The smallest absolute Gasteiger partial charge is 0.490 e. The summed E-state index contributed by atoms with van der Waals surface area (Å²) < 4.78 is 59.9. The van der Waals surface area contributed by atoms with Crippen LogP contribution < -0.4 is 10.8 Å². The highest BCUT2D eigenvalue weighted by Crippen LogP contribution is 2.37. The fourth-order valence-electron chi connectivity index (χ4n) is 3.64. The van der Waals surface area contributed by atoms with Crippen LogP contribution in [-0.4, -0.2) is 61.9 Å². The quantitative estimate of drug-likeness (QED) is 0.375. The second kappa shape index (κ2) is 11.1. The molecule has 0 fully saturated rings. The highest BCUT2D eigenvalue weighted by Gasteiger charge is 2.38. The molecule has 4 rings (SSSR count). The molecule has 3 aromatic rings. The van der Waals surface area contributed by atoms with Crippen molar-refractivity contribution in [1.29, 1.82) is 0 Å². The van der Waals surface area contributed by atoms with Gasteiger partial charge in [0, 0.05) is 19.2 Å². The Morgan fingerprint density at radius 3 is 2.45 bits per heavy atom. The average molecular weight is 542 g/mol. The van der Waals surface area contributed by atoms with Crippen LogP contribution >= 0.6 is 0 Å². The number of benzene rings is 2. The van der Waals surface area contributed by atoms with E-state index in [9.17, 15) is 36.6 Å². The van der Waals surface area contributed by atoms with E-state index < -0.39 is 41.5 Å². The molecule has 5 N–H and O–H groups in total. The summed E-state index contributed by atoms with van der Waals surface area (Å²) >= 11 is 0. The van der Waals surface area contributed by atoms with E-state index in [1.54, 1.807) is 25.3 Å². The Morgan fingerprint density at radius 1 is 1.18 bits per heavy atom. The van der Waals surface area contributed by atoms with Gasteiger partial charge in [-0.3, -0.25) is 0 Å². The topological polar surface area (TPSA) is 144 Å². The number of urea groups is 1. The van der Waals surface area contributed by atoms with Gasteiger partial charge < -0.3 is 20.0 Å². The van der Waals surface area contributed by atoms with Crippen LogP contribution in [-0.2, 0) is 11.3 Å². The van der Waals surface area contributed by atoms with E-state index in [-0.39, 0.29) is 24.4 Å². The lowest BCUT2D eigenvalue weighted by Gasteiger charge is -2.29. The lowest BCUT2D eigenvalue weighted by Crippen LogP contribution is -2.41. The second-order valence-electron chi connectivity index (χ2n) is 8.11. The van der Waals surface area contributed by atoms with Crippen molar-refractivity contribution in [2.45, 2.75) is 18.8 Å². The molecule has 0 saturated carbocycles. The molecule has 1 aliphatic rings. The average Bonchev–Trinajstić information content (AvgIpc) is 3.46. The minimum atomic E-state index is -5.08. The van der Waals surface area contributed by atoms with Gasteiger partial charge in [-0.25, -0.2) is 23.2 Å². The standard InChI is InChI=1S/C21H19F2N5O3.C2HF3O2/c1-27(11-19-24-20(30)26-25-19)21(31)28-10-13(16-9-14(22)5-6-17(16)23)8-18(28)12-3-2-4-15(29)7-12;3-2(4,5)1(6)7/h2-9,18,29H,10-11H2,1H3,(H2,24,25,26,30);(H,6,7)/p+1. The van der Waals surface area contributed by atoms with Crippen molar-refractivity contribution in [1.82, 2.24) is 19.9 Å². The molecular formula is C23H21F5N5O5+. The van der Waals surface area contributed by atoms with Gasteiger partial charge in [-0.2, -0.15) is 28.4 Å². The van der Waals surface area contributed by atoms with Crippen molar-refractivity contribution in [3.63, 3.8) is 0 Å². The number of nitrogens with zero attached hydrogens (tertiary/aromatic N) is 2. The summed E-state index contributed by atoms with van der Waals surface area (Å²) in [4.78, 5) is 38.8. The zero-order valence-corrected chi connectivity index (χ0v) is 19.5. The molecule has 1 unspecified atom stereocenters. The Kier molecular flexibility index (Phi) is 8.18. The summed E-state index contributed by atoms with van der Waals surface area (Å²) in [6, 6.07) is 8.58. The molecular weight excluding hydrogens is 521 g/mol. The first-order valence-corrected chi connectivity index (χ1v) is 10.7. The van der Waals surface area contributed by atoms with Gasteiger partial charge in [-0.1, -0.05) is 18.2 Å². The SMILES string of the molecule is CN(Cc1[nH]c(=O)[nH][nH+]1)C(=O)N1CC(c2cc(F)ccc2F)=CC1c1cccc(O)c1.O=C(O)C(F)(F)F. The zero-order valence-electron chi connectivity index (χ0n) is 19.5. The number of aromatic nitrogens is 3. The van der Waals surface area contributed by atoms with E-state index >= 15 is 0 Å². The highest BCUT2D eigenvalue weighted by molar-refractivity contribution is 5.82. The molecule has 2 heterocycles. The number of carbonyl (C=O) groups excluding carboxylic acids is 1. The van der Waals surface area contributed by atoms with Crippen molar-refractivity contribution >= 4 is 17.6 Å². The number of carboxylic acid groups (broad SMARTS) is 1. The van der Waals surface area contributed by atoms with Gasteiger partial charge in [0.1, 0.15) is 23.9 Å². The van der Waals surface area contributed by atoms with Crippen molar-refractivity contribution < 1.29 is 46.9 Å². The molecule has 1 aromatic heterocycles. The predicted octanol–water partition coefficient (Wildman–Crippen LogP) is 2.83. The van der Waals surface area contributed by atoms with Crippen LogP contribution in [0.1, 0.15) is 23.0 Å². The number of phenolic OH excluding ortho intramolecular Hbond substituents is 1. The van der Waals surface area contributed by atoms with Gasteiger partial charge in [0.25, 0.3) is 5.82 Å². The monoisotopic (exact) mass is 542 g/mol. The fourth-order valence-corrected chi connectivity index (χ4v) is 3.64. The summed E-state index contributed by atoms with van der Waals surface area (Å²) in [6.45, 7) is 0.127. The maximum atomic E-state index is 14.4. The Bertz CT molecular complexity index is 1420. The lowest BCUT2D eigenvalue weighted by molar-refractivity contribution is -0.464. The number of carbonyl (C=O) groups is 2. The number of halogens is 5. The van der Waals surface area contributed by atoms with Crippen LogP contribution in [0.3, 0.4) is 0 Å². The number of aromatic hydroxyl groups is 1. The molecule has 0 saturated heterocycles. The molecule has 1 aliphatic heterocycles. The Morgan fingerprint density at radius 2 is 1.87 bits per heavy atom. The first kappa shape index (κ1) is 27.9. The Labute approximate surface area is 210 Å². The van der Waals surface area contributed by atoms with Crippen molar-refractivity contribution in [3.8, 4) is 5.75 Å². The Balaban J connectivity index is 0.000000505. The van der Waals surface area contributed by atoms with E-state index in [4.69, 9.17) is 9.90 Å². The normalized spacial score (nSPS) is 14.9. The lowest BCUT2D eigenvalue weighted by atomic mass is 10.0. The largest absolute Gasteiger partial charge is 0.508 e. The minimum absolute atomic E-state index is 0.0246. The third-order valence-corrected chi connectivity index (χ3v) is 5.32.